The molecule has 0 aliphatic carbocycles. The van der Waals surface area contributed by atoms with Crippen LogP contribution < -0.4 is 10.6 Å². The van der Waals surface area contributed by atoms with Gasteiger partial charge in [-0.05, 0) is 41.7 Å². The van der Waals surface area contributed by atoms with E-state index in [0.717, 1.165) is 25.9 Å². The highest BCUT2D eigenvalue weighted by Crippen LogP contribution is 2.27. The van der Waals surface area contributed by atoms with Crippen molar-refractivity contribution in [1.29, 1.82) is 0 Å². The van der Waals surface area contributed by atoms with Gasteiger partial charge in [-0.25, -0.2) is 0 Å². The maximum Gasteiger partial charge on any atom is 0.0424 e. The topological polar surface area (TPSA) is 24.1 Å². The van der Waals surface area contributed by atoms with Gasteiger partial charge in [-0.15, -0.1) is 12.4 Å². The molecule has 0 atom stereocenters. The molecule has 0 amide bonds. The van der Waals surface area contributed by atoms with Crippen molar-refractivity contribution in [2.24, 2.45) is 0 Å². The Morgan fingerprint density at radius 3 is 2.85 bits per heavy atom. The fourth-order valence-corrected chi connectivity index (χ4v) is 2.66. The highest BCUT2D eigenvalue weighted by Gasteiger charge is 2.12. The Kier molecular flexibility index (Phi) is 4.91. The summed E-state index contributed by atoms with van der Waals surface area (Å²) in [5.74, 6) is 0. The smallest absolute Gasteiger partial charge is 0.0424 e. The Bertz CT molecular complexity index is 581. The van der Waals surface area contributed by atoms with Crippen LogP contribution in [0.3, 0.4) is 0 Å². The normalized spacial score (nSPS) is 12.2. The van der Waals surface area contributed by atoms with Crippen LogP contribution in [0.15, 0.2) is 42.5 Å². The lowest BCUT2D eigenvalue weighted by molar-refractivity contribution is 1.11. The van der Waals surface area contributed by atoms with Crippen molar-refractivity contribution in [3.05, 3.63) is 59.2 Å². The molecule has 2 aromatic carbocycles. The third-order valence-corrected chi connectivity index (χ3v) is 3.75. The van der Waals surface area contributed by atoms with Crippen LogP contribution >= 0.6 is 12.4 Å². The number of hydrogen-bond acceptors (Lipinski definition) is 2. The van der Waals surface area contributed by atoms with Crippen molar-refractivity contribution in [3.8, 4) is 0 Å². The van der Waals surface area contributed by atoms with Crippen LogP contribution in [0.2, 0.25) is 0 Å². The van der Waals surface area contributed by atoms with Crippen LogP contribution in [0.25, 0.3) is 0 Å². The van der Waals surface area contributed by atoms with E-state index in [9.17, 15) is 0 Å². The Balaban J connectivity index is 0.00000147. The van der Waals surface area contributed by atoms with Crippen molar-refractivity contribution in [3.63, 3.8) is 0 Å². The maximum atomic E-state index is 3.53. The van der Waals surface area contributed by atoms with Gasteiger partial charge in [-0.2, -0.15) is 0 Å². The summed E-state index contributed by atoms with van der Waals surface area (Å²) in [6.45, 7) is 4.13. The number of hydrogen-bond donors (Lipinski definition) is 2. The zero-order valence-electron chi connectivity index (χ0n) is 11.8. The molecule has 3 heteroatoms. The number of fused-ring (bicyclic) bond motifs is 1. The van der Waals surface area contributed by atoms with E-state index in [1.165, 1.54) is 28.1 Å². The van der Waals surface area contributed by atoms with Crippen LogP contribution in [0, 0.1) is 0 Å². The molecule has 2 aromatic rings. The molecule has 2 N–H and O–H groups in total. The highest BCUT2D eigenvalue weighted by molar-refractivity contribution is 5.85. The number of nitrogens with one attached hydrogen (secondary N) is 2. The minimum absolute atomic E-state index is 0. The van der Waals surface area contributed by atoms with Gasteiger partial charge in [0, 0.05) is 24.5 Å². The second-order valence-electron chi connectivity index (χ2n) is 5.04. The molecule has 0 spiro atoms. The molecule has 1 heterocycles. The first-order valence-electron chi connectivity index (χ1n) is 7.04. The summed E-state index contributed by atoms with van der Waals surface area (Å²) in [7, 11) is 0. The van der Waals surface area contributed by atoms with Crippen LogP contribution in [0.4, 0.5) is 11.4 Å². The van der Waals surface area contributed by atoms with E-state index < -0.39 is 0 Å². The van der Waals surface area contributed by atoms with E-state index in [0.29, 0.717) is 0 Å². The van der Waals surface area contributed by atoms with Crippen LogP contribution in [-0.2, 0) is 19.4 Å². The number of para-hydroxylation sites is 1. The van der Waals surface area contributed by atoms with Crippen LogP contribution in [0.1, 0.15) is 23.6 Å². The van der Waals surface area contributed by atoms with Crippen molar-refractivity contribution in [2.75, 3.05) is 17.2 Å². The summed E-state index contributed by atoms with van der Waals surface area (Å²) in [5.41, 5.74) is 6.72. The van der Waals surface area contributed by atoms with Crippen LogP contribution in [0.5, 0.6) is 0 Å². The van der Waals surface area contributed by atoms with E-state index in [-0.39, 0.29) is 12.4 Å². The van der Waals surface area contributed by atoms with Gasteiger partial charge in [0.2, 0.25) is 0 Å². The van der Waals surface area contributed by atoms with Crippen molar-refractivity contribution in [1.82, 2.24) is 0 Å². The van der Waals surface area contributed by atoms with Crippen molar-refractivity contribution in [2.45, 2.75) is 26.3 Å². The van der Waals surface area contributed by atoms with Gasteiger partial charge in [-0.3, -0.25) is 0 Å². The van der Waals surface area contributed by atoms with Crippen molar-refractivity contribution >= 4 is 23.8 Å². The maximum absolute atomic E-state index is 3.53. The number of aryl methyl sites for hydroxylation is 1. The minimum Gasteiger partial charge on any atom is -0.384 e. The summed E-state index contributed by atoms with van der Waals surface area (Å²) >= 11 is 0. The zero-order valence-corrected chi connectivity index (χ0v) is 12.6. The second-order valence-corrected chi connectivity index (χ2v) is 5.04. The lowest BCUT2D eigenvalue weighted by Crippen LogP contribution is -2.03. The molecular formula is C17H21ClN2. The fourth-order valence-electron chi connectivity index (χ4n) is 2.66. The van der Waals surface area contributed by atoms with Gasteiger partial charge < -0.3 is 10.6 Å². The quantitative estimate of drug-likeness (QED) is 0.879. The molecule has 0 unspecified atom stereocenters. The van der Waals surface area contributed by atoms with E-state index in [4.69, 9.17) is 0 Å². The zero-order chi connectivity index (χ0) is 13.1. The van der Waals surface area contributed by atoms with Gasteiger partial charge in [0.15, 0.2) is 0 Å². The second kappa shape index (κ2) is 6.67. The molecule has 1 aliphatic heterocycles. The Morgan fingerprint density at radius 1 is 1.15 bits per heavy atom. The Morgan fingerprint density at radius 2 is 2.00 bits per heavy atom. The predicted molar refractivity (Wildman–Crippen MR) is 89.0 cm³/mol. The number of rotatable bonds is 4. The third kappa shape index (κ3) is 3.07. The van der Waals surface area contributed by atoms with E-state index >= 15 is 0 Å². The first-order chi connectivity index (χ1) is 9.36. The van der Waals surface area contributed by atoms with Gasteiger partial charge in [-0.1, -0.05) is 37.3 Å². The Labute approximate surface area is 127 Å². The molecule has 0 radical (unpaired) electrons. The number of benzene rings is 2. The summed E-state index contributed by atoms with van der Waals surface area (Å²) in [6.07, 6.45) is 2.23. The number of anilines is 2. The molecule has 3 rings (SSSR count). The van der Waals surface area contributed by atoms with Crippen molar-refractivity contribution < 1.29 is 0 Å². The molecule has 2 nitrogen and oxygen atoms in total. The predicted octanol–water partition coefficient (Wildman–Crippen LogP) is 4.25. The molecule has 106 valence electrons. The molecule has 1 aliphatic rings. The largest absolute Gasteiger partial charge is 0.384 e. The third-order valence-electron chi connectivity index (χ3n) is 3.75. The monoisotopic (exact) mass is 288 g/mol. The van der Waals surface area contributed by atoms with Gasteiger partial charge >= 0.3 is 0 Å². The van der Waals surface area contributed by atoms with Gasteiger partial charge in [0.05, 0.1) is 0 Å². The fraction of sp³-hybridized carbons (Fsp3) is 0.294. The van der Waals surface area contributed by atoms with Gasteiger partial charge in [0.1, 0.15) is 0 Å². The summed E-state index contributed by atoms with van der Waals surface area (Å²) in [6, 6.07) is 15.2. The molecule has 20 heavy (non-hydrogen) atoms. The first kappa shape index (κ1) is 14.7. The van der Waals surface area contributed by atoms with E-state index in [1.54, 1.807) is 0 Å². The molecule has 0 aromatic heterocycles. The highest BCUT2D eigenvalue weighted by atomic mass is 35.5. The summed E-state index contributed by atoms with van der Waals surface area (Å²) in [5, 5.41) is 7.01. The van der Waals surface area contributed by atoms with E-state index in [2.05, 4.69) is 60.0 Å². The molecule has 0 saturated heterocycles. The number of halogens is 1. The average Bonchev–Trinajstić information content (AvgIpc) is 2.94. The van der Waals surface area contributed by atoms with Crippen LogP contribution in [-0.4, -0.2) is 6.54 Å². The first-order valence-corrected chi connectivity index (χ1v) is 7.04. The van der Waals surface area contributed by atoms with E-state index in [1.807, 2.05) is 0 Å². The Hall–Kier alpha value is -1.67. The van der Waals surface area contributed by atoms with Gasteiger partial charge in [0.25, 0.3) is 0 Å². The molecule has 0 fully saturated rings. The molecular weight excluding hydrogens is 268 g/mol. The minimum atomic E-state index is 0. The molecule has 0 bridgehead atoms. The average molecular weight is 289 g/mol. The lowest BCUT2D eigenvalue weighted by atomic mass is 10.1. The summed E-state index contributed by atoms with van der Waals surface area (Å²) in [4.78, 5) is 0. The SMILES string of the molecule is CCc1cccc(NCc2cccc3c2NCC3)c1.Cl. The summed E-state index contributed by atoms with van der Waals surface area (Å²) < 4.78 is 0. The lowest BCUT2D eigenvalue weighted by Gasteiger charge is -2.11. The molecule has 0 saturated carbocycles. The standard InChI is InChI=1S/C17H20N2.ClH/c1-2-13-5-3-8-16(11-13)19-12-15-7-4-6-14-9-10-18-17(14)15;/h3-8,11,18-19H,2,9-10,12H2,1H3;1H.